The quantitative estimate of drug-likeness (QED) is 0.848. The summed E-state index contributed by atoms with van der Waals surface area (Å²) in [4.78, 5) is 4.33. The van der Waals surface area contributed by atoms with Crippen LogP contribution in [0.5, 0.6) is 0 Å². The maximum Gasteiger partial charge on any atom is 0.138 e. The fourth-order valence-electron chi connectivity index (χ4n) is 1.99. The van der Waals surface area contributed by atoms with Crippen molar-refractivity contribution in [3.63, 3.8) is 0 Å². The summed E-state index contributed by atoms with van der Waals surface area (Å²) in [6, 6.07) is 4.43. The number of aromatic nitrogens is 2. The molecule has 4 nitrogen and oxygen atoms in total. The minimum Gasteiger partial charge on any atom is -0.385 e. The molecule has 1 aromatic carbocycles. The summed E-state index contributed by atoms with van der Waals surface area (Å²) in [5.41, 5.74) is 6.82. The number of hydrogen-bond acceptors (Lipinski definition) is 3. The zero-order valence-corrected chi connectivity index (χ0v) is 9.73. The van der Waals surface area contributed by atoms with E-state index in [1.165, 1.54) is 12.1 Å². The Morgan fingerprint density at radius 2 is 2.29 bits per heavy atom. The third kappa shape index (κ3) is 2.16. The van der Waals surface area contributed by atoms with Gasteiger partial charge < -0.3 is 15.4 Å². The highest BCUT2D eigenvalue weighted by Gasteiger charge is 2.16. The van der Waals surface area contributed by atoms with Crippen LogP contribution < -0.4 is 5.73 Å². The van der Waals surface area contributed by atoms with Crippen LogP contribution in [0.3, 0.4) is 0 Å². The van der Waals surface area contributed by atoms with E-state index in [9.17, 15) is 9.50 Å². The summed E-state index contributed by atoms with van der Waals surface area (Å²) < 4.78 is 15.0. The van der Waals surface area contributed by atoms with Gasteiger partial charge in [0.05, 0.1) is 11.0 Å². The predicted molar refractivity (Wildman–Crippen MR) is 64.0 cm³/mol. The van der Waals surface area contributed by atoms with E-state index in [1.54, 1.807) is 6.07 Å². The molecular formula is C12H16FN3O. The number of rotatable bonds is 4. The average Bonchev–Trinajstić information content (AvgIpc) is 2.67. The van der Waals surface area contributed by atoms with Crippen LogP contribution in [0.1, 0.15) is 25.3 Å². The van der Waals surface area contributed by atoms with E-state index >= 15 is 0 Å². The Labute approximate surface area is 98.9 Å². The molecule has 1 aromatic heterocycles. The number of aryl methyl sites for hydroxylation is 1. The smallest absolute Gasteiger partial charge is 0.138 e. The lowest BCUT2D eigenvalue weighted by Crippen LogP contribution is -2.12. The molecule has 5 heteroatoms. The van der Waals surface area contributed by atoms with Crippen molar-refractivity contribution in [3.8, 4) is 0 Å². The first-order valence-corrected chi connectivity index (χ1v) is 5.71. The van der Waals surface area contributed by atoms with Crippen molar-refractivity contribution in [1.82, 2.24) is 9.55 Å². The van der Waals surface area contributed by atoms with Crippen molar-refractivity contribution in [2.24, 2.45) is 5.73 Å². The Kier molecular flexibility index (Phi) is 3.40. The molecule has 0 aliphatic rings. The Balaban J connectivity index is 2.55. The topological polar surface area (TPSA) is 64.1 Å². The lowest BCUT2D eigenvalue weighted by molar-refractivity contribution is 0.156. The van der Waals surface area contributed by atoms with Gasteiger partial charge in [0.15, 0.2) is 0 Å². The van der Waals surface area contributed by atoms with E-state index in [2.05, 4.69) is 4.98 Å². The van der Waals surface area contributed by atoms with Crippen molar-refractivity contribution in [3.05, 3.63) is 29.8 Å². The first-order valence-electron chi connectivity index (χ1n) is 5.71. The summed E-state index contributed by atoms with van der Waals surface area (Å²) in [5.74, 6) is 0.255. The van der Waals surface area contributed by atoms with Crippen LogP contribution in [-0.4, -0.2) is 21.2 Å². The molecule has 0 radical (unpaired) electrons. The fourth-order valence-corrected chi connectivity index (χ4v) is 1.99. The number of benzene rings is 1. The SMILES string of the molecule is CCn1c(C(O)CCN)nc2ccc(F)cc21. The van der Waals surface area contributed by atoms with Gasteiger partial charge in [-0.2, -0.15) is 0 Å². The average molecular weight is 237 g/mol. The molecule has 92 valence electrons. The van der Waals surface area contributed by atoms with Crippen LogP contribution in [0.25, 0.3) is 11.0 Å². The van der Waals surface area contributed by atoms with Gasteiger partial charge in [-0.3, -0.25) is 0 Å². The molecule has 0 amide bonds. The van der Waals surface area contributed by atoms with Crippen LogP contribution in [0.4, 0.5) is 4.39 Å². The van der Waals surface area contributed by atoms with Gasteiger partial charge in [-0.05, 0) is 38.1 Å². The molecule has 3 N–H and O–H groups in total. The molecule has 0 fully saturated rings. The molecule has 0 saturated heterocycles. The Morgan fingerprint density at radius 3 is 2.94 bits per heavy atom. The molecule has 0 bridgehead atoms. The van der Waals surface area contributed by atoms with Gasteiger partial charge in [0.1, 0.15) is 17.7 Å². The molecule has 0 aliphatic heterocycles. The minimum atomic E-state index is -0.699. The van der Waals surface area contributed by atoms with Gasteiger partial charge in [0.25, 0.3) is 0 Å². The Morgan fingerprint density at radius 1 is 1.53 bits per heavy atom. The first-order chi connectivity index (χ1) is 8.17. The molecule has 17 heavy (non-hydrogen) atoms. The maximum atomic E-state index is 13.2. The number of fused-ring (bicyclic) bond motifs is 1. The highest BCUT2D eigenvalue weighted by Crippen LogP contribution is 2.23. The van der Waals surface area contributed by atoms with Gasteiger partial charge in [-0.1, -0.05) is 0 Å². The number of imidazole rings is 1. The van der Waals surface area contributed by atoms with E-state index < -0.39 is 6.10 Å². The van der Waals surface area contributed by atoms with Crippen molar-refractivity contribution >= 4 is 11.0 Å². The van der Waals surface area contributed by atoms with Crippen LogP contribution in [-0.2, 0) is 6.54 Å². The molecule has 0 spiro atoms. The highest BCUT2D eigenvalue weighted by atomic mass is 19.1. The maximum absolute atomic E-state index is 13.2. The predicted octanol–water partition coefficient (Wildman–Crippen LogP) is 1.58. The van der Waals surface area contributed by atoms with Gasteiger partial charge >= 0.3 is 0 Å². The van der Waals surface area contributed by atoms with Crippen LogP contribution in [0.15, 0.2) is 18.2 Å². The second-order valence-corrected chi connectivity index (χ2v) is 3.94. The van der Waals surface area contributed by atoms with E-state index in [0.29, 0.717) is 36.4 Å². The second kappa shape index (κ2) is 4.81. The summed E-state index contributed by atoms with van der Waals surface area (Å²) in [6.07, 6.45) is -0.248. The molecule has 1 heterocycles. The largest absolute Gasteiger partial charge is 0.385 e. The van der Waals surface area contributed by atoms with Gasteiger partial charge in [0.2, 0.25) is 0 Å². The molecule has 0 saturated carbocycles. The van der Waals surface area contributed by atoms with Gasteiger partial charge in [-0.15, -0.1) is 0 Å². The van der Waals surface area contributed by atoms with E-state index in [4.69, 9.17) is 5.73 Å². The van der Waals surface area contributed by atoms with Crippen LogP contribution >= 0.6 is 0 Å². The Hall–Kier alpha value is -1.46. The van der Waals surface area contributed by atoms with Crippen molar-refractivity contribution in [2.45, 2.75) is 26.0 Å². The molecule has 0 aliphatic carbocycles. The lowest BCUT2D eigenvalue weighted by atomic mass is 10.2. The summed E-state index contributed by atoms with van der Waals surface area (Å²) >= 11 is 0. The lowest BCUT2D eigenvalue weighted by Gasteiger charge is -2.11. The summed E-state index contributed by atoms with van der Waals surface area (Å²) in [7, 11) is 0. The molecule has 2 rings (SSSR count). The number of aliphatic hydroxyl groups excluding tert-OH is 1. The Bertz CT molecular complexity index is 524. The van der Waals surface area contributed by atoms with Gasteiger partial charge in [-0.25, -0.2) is 9.37 Å². The van der Waals surface area contributed by atoms with Crippen molar-refractivity contribution in [2.75, 3.05) is 6.54 Å². The monoisotopic (exact) mass is 237 g/mol. The number of nitrogens with zero attached hydrogens (tertiary/aromatic N) is 2. The van der Waals surface area contributed by atoms with E-state index in [1.807, 2.05) is 11.5 Å². The zero-order valence-electron chi connectivity index (χ0n) is 9.73. The first kappa shape index (κ1) is 12.0. The second-order valence-electron chi connectivity index (χ2n) is 3.94. The normalized spacial score (nSPS) is 13.2. The van der Waals surface area contributed by atoms with Crippen molar-refractivity contribution < 1.29 is 9.50 Å². The highest BCUT2D eigenvalue weighted by molar-refractivity contribution is 5.76. The number of halogens is 1. The van der Waals surface area contributed by atoms with Gasteiger partial charge in [0, 0.05) is 6.54 Å². The fraction of sp³-hybridized carbons (Fsp3) is 0.417. The van der Waals surface area contributed by atoms with E-state index in [0.717, 1.165) is 0 Å². The zero-order chi connectivity index (χ0) is 12.4. The summed E-state index contributed by atoms with van der Waals surface area (Å²) in [6.45, 7) is 2.96. The number of nitrogens with two attached hydrogens (primary N) is 1. The van der Waals surface area contributed by atoms with E-state index in [-0.39, 0.29) is 5.82 Å². The summed E-state index contributed by atoms with van der Waals surface area (Å²) in [5, 5.41) is 9.95. The minimum absolute atomic E-state index is 0.299. The molecule has 1 unspecified atom stereocenters. The number of aliphatic hydroxyl groups is 1. The molecular weight excluding hydrogens is 221 g/mol. The standard InChI is InChI=1S/C12H16FN3O/c1-2-16-10-7-8(13)3-4-9(10)15-12(16)11(17)5-6-14/h3-4,7,11,17H,2,5-6,14H2,1H3. The van der Waals surface area contributed by atoms with Crippen LogP contribution in [0.2, 0.25) is 0 Å². The third-order valence-electron chi connectivity index (χ3n) is 2.79. The molecule has 1 atom stereocenters. The third-order valence-corrected chi connectivity index (χ3v) is 2.79. The van der Waals surface area contributed by atoms with Crippen LogP contribution in [0, 0.1) is 5.82 Å². The molecule has 2 aromatic rings. The number of hydrogen-bond donors (Lipinski definition) is 2. The van der Waals surface area contributed by atoms with Crippen molar-refractivity contribution in [1.29, 1.82) is 0 Å².